The lowest BCUT2D eigenvalue weighted by Gasteiger charge is -2.36. The predicted octanol–water partition coefficient (Wildman–Crippen LogP) is 3.13. The fourth-order valence-corrected chi connectivity index (χ4v) is 4.47. The minimum Gasteiger partial charge on any atom is -0.385 e. The van der Waals surface area contributed by atoms with Crippen LogP contribution in [0.2, 0.25) is 0 Å². The average Bonchev–Trinajstić information content (AvgIpc) is 2.80. The molecule has 0 bridgehead atoms. The third-order valence-electron chi connectivity index (χ3n) is 6.41. The number of ether oxygens (including phenoxy) is 2. The molecule has 0 spiro atoms. The van der Waals surface area contributed by atoms with Crippen LogP contribution in [0.4, 0.5) is 4.39 Å². The van der Waals surface area contributed by atoms with E-state index in [4.69, 9.17) is 9.47 Å². The van der Waals surface area contributed by atoms with Crippen molar-refractivity contribution < 1.29 is 13.9 Å². The fraction of sp³-hybridized carbons (Fsp3) is 0.708. The molecule has 0 aromatic heterocycles. The van der Waals surface area contributed by atoms with Crippen LogP contribution in [0, 0.1) is 11.7 Å². The molecule has 0 amide bonds. The Labute approximate surface area is 186 Å². The molecule has 0 radical (unpaired) electrons. The van der Waals surface area contributed by atoms with Gasteiger partial charge >= 0.3 is 0 Å². The minimum atomic E-state index is -0.0979. The first-order valence-electron chi connectivity index (χ1n) is 11.7. The Bertz CT molecular complexity index is 671. The molecule has 2 saturated heterocycles. The van der Waals surface area contributed by atoms with E-state index in [9.17, 15) is 4.39 Å². The first-order valence-corrected chi connectivity index (χ1v) is 11.7. The molecule has 1 aromatic rings. The Balaban J connectivity index is 1.33. The lowest BCUT2D eigenvalue weighted by atomic mass is 9.96. The van der Waals surface area contributed by atoms with E-state index in [1.807, 2.05) is 19.2 Å². The Hall–Kier alpha value is -1.70. The van der Waals surface area contributed by atoms with Crippen LogP contribution in [-0.4, -0.2) is 82.0 Å². The highest BCUT2D eigenvalue weighted by molar-refractivity contribution is 5.79. The van der Waals surface area contributed by atoms with Crippen molar-refractivity contribution in [3.8, 4) is 0 Å². The summed E-state index contributed by atoms with van der Waals surface area (Å²) in [4.78, 5) is 9.22. The fourth-order valence-electron chi connectivity index (χ4n) is 4.47. The maximum Gasteiger partial charge on any atom is 0.193 e. The first kappa shape index (κ1) is 24.0. The quantitative estimate of drug-likeness (QED) is 0.368. The second-order valence-corrected chi connectivity index (χ2v) is 8.64. The second-order valence-electron chi connectivity index (χ2n) is 8.64. The molecule has 6 nitrogen and oxygen atoms in total. The summed E-state index contributed by atoms with van der Waals surface area (Å²) in [6.45, 7) is 7.20. The number of hydrogen-bond donors (Lipinski definition) is 1. The third kappa shape index (κ3) is 7.74. The van der Waals surface area contributed by atoms with Crippen LogP contribution in [0.1, 0.15) is 37.7 Å². The molecule has 0 atom stereocenters. The highest BCUT2D eigenvalue weighted by atomic mass is 19.1. The number of methoxy groups -OCH3 is 1. The van der Waals surface area contributed by atoms with E-state index in [-0.39, 0.29) is 5.82 Å². The zero-order chi connectivity index (χ0) is 21.9. The Morgan fingerprint density at radius 1 is 1.10 bits per heavy atom. The number of rotatable bonds is 9. The molecule has 2 aliphatic rings. The number of benzene rings is 1. The summed E-state index contributed by atoms with van der Waals surface area (Å²) < 4.78 is 24.9. The van der Waals surface area contributed by atoms with Crippen LogP contribution in [0.3, 0.4) is 0 Å². The summed E-state index contributed by atoms with van der Waals surface area (Å²) in [5, 5.41) is 3.60. The summed E-state index contributed by atoms with van der Waals surface area (Å²) >= 11 is 0. The summed E-state index contributed by atoms with van der Waals surface area (Å²) in [7, 11) is 3.60. The molecular weight excluding hydrogens is 395 g/mol. The van der Waals surface area contributed by atoms with Gasteiger partial charge in [-0.2, -0.15) is 0 Å². The lowest BCUT2D eigenvalue weighted by molar-refractivity contribution is 0.00986. The van der Waals surface area contributed by atoms with Gasteiger partial charge in [-0.25, -0.2) is 4.39 Å². The summed E-state index contributed by atoms with van der Waals surface area (Å²) in [5.41, 5.74) is 0.797. The van der Waals surface area contributed by atoms with Crippen molar-refractivity contribution in [3.05, 3.63) is 35.6 Å². The molecule has 0 unspecified atom stereocenters. The molecule has 1 aromatic carbocycles. The molecule has 1 N–H and O–H groups in total. The van der Waals surface area contributed by atoms with Crippen molar-refractivity contribution >= 4 is 5.96 Å². The molecule has 3 rings (SSSR count). The molecule has 2 aliphatic heterocycles. The van der Waals surface area contributed by atoms with E-state index < -0.39 is 0 Å². The van der Waals surface area contributed by atoms with E-state index in [2.05, 4.69) is 20.1 Å². The van der Waals surface area contributed by atoms with Crippen molar-refractivity contribution in [3.63, 3.8) is 0 Å². The zero-order valence-corrected chi connectivity index (χ0v) is 19.2. The van der Waals surface area contributed by atoms with Crippen molar-refractivity contribution in [2.24, 2.45) is 10.9 Å². The number of hydrogen-bond acceptors (Lipinski definition) is 4. The zero-order valence-electron chi connectivity index (χ0n) is 19.2. The topological polar surface area (TPSA) is 49.3 Å². The maximum absolute atomic E-state index is 13.9. The third-order valence-corrected chi connectivity index (χ3v) is 6.41. The number of aliphatic imine (C=N–C) groups is 1. The van der Waals surface area contributed by atoms with Crippen molar-refractivity contribution in [2.75, 3.05) is 60.1 Å². The largest absolute Gasteiger partial charge is 0.385 e. The standard InChI is InChI=1S/C24H39FN4O2/c1-26-24(29-14-10-22(11-15-29)31-17-5-16-30-2)27-18-20-8-12-28(13-9-20)19-21-6-3-4-7-23(21)25/h3-4,6-7,20,22H,5,8-19H2,1-2H3,(H,26,27). The van der Waals surface area contributed by atoms with Crippen LogP contribution in [0.15, 0.2) is 29.3 Å². The van der Waals surface area contributed by atoms with Gasteiger partial charge in [0.15, 0.2) is 5.96 Å². The summed E-state index contributed by atoms with van der Waals surface area (Å²) in [6, 6.07) is 7.11. The van der Waals surface area contributed by atoms with Crippen LogP contribution < -0.4 is 5.32 Å². The van der Waals surface area contributed by atoms with Gasteiger partial charge in [-0.3, -0.25) is 9.89 Å². The monoisotopic (exact) mass is 434 g/mol. The summed E-state index contributed by atoms with van der Waals surface area (Å²) in [5.74, 6) is 1.54. The molecule has 31 heavy (non-hydrogen) atoms. The molecular formula is C24H39FN4O2. The van der Waals surface area contributed by atoms with Gasteiger partial charge in [0.25, 0.3) is 0 Å². The van der Waals surface area contributed by atoms with Gasteiger partial charge in [0.2, 0.25) is 0 Å². The number of guanidine groups is 1. The number of likely N-dealkylation sites (tertiary alicyclic amines) is 2. The maximum atomic E-state index is 13.9. The van der Waals surface area contributed by atoms with Crippen molar-refractivity contribution in [1.82, 2.24) is 15.1 Å². The molecule has 2 fully saturated rings. The van der Waals surface area contributed by atoms with Gasteiger partial charge in [0, 0.05) is 59.1 Å². The van der Waals surface area contributed by atoms with Crippen molar-refractivity contribution in [2.45, 2.75) is 44.8 Å². The van der Waals surface area contributed by atoms with E-state index in [1.165, 1.54) is 0 Å². The van der Waals surface area contributed by atoms with Gasteiger partial charge in [-0.1, -0.05) is 18.2 Å². The normalized spacial score (nSPS) is 19.7. The highest BCUT2D eigenvalue weighted by Crippen LogP contribution is 2.20. The Kier molecular flexibility index (Phi) is 10.0. The number of halogens is 1. The lowest BCUT2D eigenvalue weighted by Crippen LogP contribution is -2.48. The van der Waals surface area contributed by atoms with Crippen LogP contribution in [0.5, 0.6) is 0 Å². The van der Waals surface area contributed by atoms with Crippen LogP contribution >= 0.6 is 0 Å². The van der Waals surface area contributed by atoms with Gasteiger partial charge < -0.3 is 19.7 Å². The predicted molar refractivity (Wildman–Crippen MR) is 123 cm³/mol. The summed E-state index contributed by atoms with van der Waals surface area (Å²) in [6.07, 6.45) is 5.67. The Morgan fingerprint density at radius 3 is 2.52 bits per heavy atom. The van der Waals surface area contributed by atoms with Gasteiger partial charge in [0.1, 0.15) is 5.82 Å². The molecule has 2 heterocycles. The van der Waals surface area contributed by atoms with Crippen LogP contribution in [-0.2, 0) is 16.0 Å². The smallest absolute Gasteiger partial charge is 0.193 e. The van der Waals surface area contributed by atoms with Gasteiger partial charge in [-0.15, -0.1) is 0 Å². The number of nitrogens with one attached hydrogen (secondary N) is 1. The number of nitrogens with zero attached hydrogens (tertiary/aromatic N) is 3. The molecule has 7 heteroatoms. The highest BCUT2D eigenvalue weighted by Gasteiger charge is 2.24. The van der Waals surface area contributed by atoms with E-state index in [1.54, 1.807) is 19.2 Å². The van der Waals surface area contributed by atoms with Gasteiger partial charge in [0.05, 0.1) is 6.10 Å². The first-order chi connectivity index (χ1) is 15.2. The molecule has 0 saturated carbocycles. The SMILES string of the molecule is CN=C(NCC1CCN(Cc2ccccc2F)CC1)N1CCC(OCCCOC)CC1. The van der Waals surface area contributed by atoms with Crippen LogP contribution in [0.25, 0.3) is 0 Å². The minimum absolute atomic E-state index is 0.0979. The van der Waals surface area contributed by atoms with Crippen molar-refractivity contribution in [1.29, 1.82) is 0 Å². The van der Waals surface area contributed by atoms with E-state index >= 15 is 0 Å². The Morgan fingerprint density at radius 2 is 1.84 bits per heavy atom. The van der Waals surface area contributed by atoms with Gasteiger partial charge in [-0.05, 0) is 57.2 Å². The second kappa shape index (κ2) is 13.0. The average molecular weight is 435 g/mol. The number of piperidine rings is 2. The molecule has 174 valence electrons. The van der Waals surface area contributed by atoms with E-state index in [0.717, 1.165) is 89.6 Å². The van der Waals surface area contributed by atoms with E-state index in [0.29, 0.717) is 18.6 Å². The molecule has 0 aliphatic carbocycles.